The van der Waals surface area contributed by atoms with E-state index < -0.39 is 0 Å². The summed E-state index contributed by atoms with van der Waals surface area (Å²) in [6.45, 7) is 1.46. The van der Waals surface area contributed by atoms with Gasteiger partial charge in [0.2, 0.25) is 0 Å². The second-order valence-electron chi connectivity index (χ2n) is 5.55. The molecule has 0 fully saturated rings. The molecule has 0 bridgehead atoms. The number of carbonyl (C=O) groups excluding carboxylic acids is 3. The largest absolute Gasteiger partial charge is 0.322 e. The Hall–Kier alpha value is -3.26. The number of benzene rings is 1. The summed E-state index contributed by atoms with van der Waals surface area (Å²) in [5, 5.41) is 11.6. The van der Waals surface area contributed by atoms with E-state index in [1.807, 2.05) is 0 Å². The van der Waals surface area contributed by atoms with Gasteiger partial charge in [-0.05, 0) is 36.6 Å². The van der Waals surface area contributed by atoms with Gasteiger partial charge in [-0.15, -0.1) is 11.3 Å². The molecule has 2 aromatic heterocycles. The van der Waals surface area contributed by atoms with Crippen LogP contribution in [0.3, 0.4) is 0 Å². The van der Waals surface area contributed by atoms with Gasteiger partial charge < -0.3 is 10.6 Å². The lowest BCUT2D eigenvalue weighted by Crippen LogP contribution is -2.18. The lowest BCUT2D eigenvalue weighted by Gasteiger charge is -2.08. The fraction of sp³-hybridized carbons (Fsp3) is 0.111. The third-order valence-electron chi connectivity index (χ3n) is 3.72. The van der Waals surface area contributed by atoms with Gasteiger partial charge in [0.05, 0.1) is 5.56 Å². The van der Waals surface area contributed by atoms with E-state index >= 15 is 0 Å². The Labute approximate surface area is 153 Å². The normalized spacial score (nSPS) is 10.4. The third-order valence-corrected chi connectivity index (χ3v) is 4.55. The summed E-state index contributed by atoms with van der Waals surface area (Å²) < 4.78 is 1.45. The molecular formula is C18H16N4O3S. The predicted molar refractivity (Wildman–Crippen MR) is 99.9 cm³/mol. The van der Waals surface area contributed by atoms with Gasteiger partial charge in [0.15, 0.2) is 5.78 Å². The molecule has 0 aliphatic heterocycles. The molecule has 0 saturated heterocycles. The molecule has 0 aliphatic carbocycles. The van der Waals surface area contributed by atoms with Gasteiger partial charge in [-0.3, -0.25) is 19.1 Å². The number of anilines is 2. The number of ketones is 1. The molecule has 0 unspecified atom stereocenters. The topological polar surface area (TPSA) is 93.1 Å². The van der Waals surface area contributed by atoms with E-state index in [-0.39, 0.29) is 17.6 Å². The molecule has 0 radical (unpaired) electrons. The second-order valence-corrected chi connectivity index (χ2v) is 6.46. The summed E-state index contributed by atoms with van der Waals surface area (Å²) in [6, 6.07) is 9.92. The first-order valence-electron chi connectivity index (χ1n) is 7.75. The molecule has 0 spiro atoms. The molecule has 0 atom stereocenters. The SMILES string of the molecule is CC(=O)c1cccc(NC(=O)c2ccsc2NC(=O)c2ccnn2C)c1. The van der Waals surface area contributed by atoms with Crippen molar-refractivity contribution in [1.29, 1.82) is 0 Å². The van der Waals surface area contributed by atoms with E-state index in [1.54, 1.807) is 48.8 Å². The highest BCUT2D eigenvalue weighted by molar-refractivity contribution is 7.14. The fourth-order valence-electron chi connectivity index (χ4n) is 2.36. The lowest BCUT2D eigenvalue weighted by molar-refractivity contribution is 0.100. The third kappa shape index (κ3) is 3.70. The molecule has 2 N–H and O–H groups in total. The maximum Gasteiger partial charge on any atom is 0.274 e. The van der Waals surface area contributed by atoms with Crippen LogP contribution in [0.1, 0.15) is 38.1 Å². The summed E-state index contributed by atoms with van der Waals surface area (Å²) >= 11 is 1.25. The van der Waals surface area contributed by atoms with Gasteiger partial charge in [0.25, 0.3) is 11.8 Å². The number of aromatic nitrogens is 2. The number of aryl methyl sites for hydroxylation is 1. The van der Waals surface area contributed by atoms with Crippen molar-refractivity contribution in [2.24, 2.45) is 7.05 Å². The van der Waals surface area contributed by atoms with E-state index in [0.717, 1.165) is 0 Å². The van der Waals surface area contributed by atoms with Gasteiger partial charge in [0.1, 0.15) is 10.7 Å². The highest BCUT2D eigenvalue weighted by atomic mass is 32.1. The van der Waals surface area contributed by atoms with Crippen LogP contribution in [0.5, 0.6) is 0 Å². The van der Waals surface area contributed by atoms with Crippen molar-refractivity contribution in [2.75, 3.05) is 10.6 Å². The Bertz CT molecular complexity index is 990. The van der Waals surface area contributed by atoms with Crippen molar-refractivity contribution in [2.45, 2.75) is 6.92 Å². The lowest BCUT2D eigenvalue weighted by atomic mass is 10.1. The number of hydrogen-bond acceptors (Lipinski definition) is 5. The molecule has 2 amide bonds. The number of nitrogens with zero attached hydrogens (tertiary/aromatic N) is 2. The molecule has 2 heterocycles. The quantitative estimate of drug-likeness (QED) is 0.677. The van der Waals surface area contributed by atoms with Gasteiger partial charge in [-0.25, -0.2) is 0 Å². The number of amides is 2. The minimum absolute atomic E-state index is 0.0826. The first-order valence-corrected chi connectivity index (χ1v) is 8.63. The summed E-state index contributed by atoms with van der Waals surface area (Å²) in [4.78, 5) is 36.3. The maximum absolute atomic E-state index is 12.6. The van der Waals surface area contributed by atoms with E-state index in [1.165, 1.54) is 29.1 Å². The molecule has 0 aliphatic rings. The van der Waals surface area contributed by atoms with Crippen molar-refractivity contribution in [1.82, 2.24) is 9.78 Å². The van der Waals surface area contributed by atoms with Gasteiger partial charge in [-0.1, -0.05) is 12.1 Å². The van der Waals surface area contributed by atoms with Crippen LogP contribution >= 0.6 is 11.3 Å². The van der Waals surface area contributed by atoms with Crippen LogP contribution in [0.15, 0.2) is 48.0 Å². The number of rotatable bonds is 5. The Balaban J connectivity index is 1.76. The number of carbonyl (C=O) groups is 3. The predicted octanol–water partition coefficient (Wildman–Crippen LogP) is 3.19. The van der Waals surface area contributed by atoms with Crippen molar-refractivity contribution < 1.29 is 14.4 Å². The van der Waals surface area contributed by atoms with Crippen LogP contribution in [0.4, 0.5) is 10.7 Å². The molecule has 0 saturated carbocycles. The molecule has 3 aromatic rings. The number of hydrogen-bond donors (Lipinski definition) is 2. The monoisotopic (exact) mass is 368 g/mol. The van der Waals surface area contributed by atoms with Crippen LogP contribution < -0.4 is 10.6 Å². The Morgan fingerprint density at radius 2 is 1.88 bits per heavy atom. The highest BCUT2D eigenvalue weighted by Gasteiger charge is 2.17. The van der Waals surface area contributed by atoms with E-state index in [4.69, 9.17) is 0 Å². The van der Waals surface area contributed by atoms with Crippen LogP contribution in [0.25, 0.3) is 0 Å². The van der Waals surface area contributed by atoms with Crippen LogP contribution in [0, 0.1) is 0 Å². The van der Waals surface area contributed by atoms with Crippen molar-refractivity contribution in [3.05, 3.63) is 64.8 Å². The van der Waals surface area contributed by atoms with Crippen LogP contribution in [0.2, 0.25) is 0 Å². The molecule has 8 heteroatoms. The van der Waals surface area contributed by atoms with Crippen molar-refractivity contribution in [3.63, 3.8) is 0 Å². The van der Waals surface area contributed by atoms with E-state index in [0.29, 0.717) is 27.5 Å². The summed E-state index contributed by atoms with van der Waals surface area (Å²) in [6.07, 6.45) is 1.53. The van der Waals surface area contributed by atoms with Crippen LogP contribution in [-0.2, 0) is 7.05 Å². The molecular weight excluding hydrogens is 352 g/mol. The van der Waals surface area contributed by atoms with Gasteiger partial charge >= 0.3 is 0 Å². The van der Waals surface area contributed by atoms with Crippen molar-refractivity contribution >= 4 is 39.6 Å². The zero-order valence-electron chi connectivity index (χ0n) is 14.1. The zero-order chi connectivity index (χ0) is 18.7. The minimum atomic E-state index is -0.368. The second kappa shape index (κ2) is 7.32. The summed E-state index contributed by atoms with van der Waals surface area (Å²) in [7, 11) is 1.67. The Morgan fingerprint density at radius 3 is 2.58 bits per heavy atom. The summed E-state index contributed by atoms with van der Waals surface area (Å²) in [5.74, 6) is -0.798. The van der Waals surface area contributed by atoms with Crippen molar-refractivity contribution in [3.8, 4) is 0 Å². The zero-order valence-corrected chi connectivity index (χ0v) is 15.0. The maximum atomic E-state index is 12.6. The fourth-order valence-corrected chi connectivity index (χ4v) is 3.14. The first kappa shape index (κ1) is 17.6. The van der Waals surface area contributed by atoms with Crippen LogP contribution in [-0.4, -0.2) is 27.4 Å². The molecule has 132 valence electrons. The Kier molecular flexibility index (Phi) is 4.94. The summed E-state index contributed by atoms with van der Waals surface area (Å²) in [5.41, 5.74) is 1.76. The first-order chi connectivity index (χ1) is 12.5. The number of Topliss-reactive ketones (excluding diaryl/α,β-unsaturated/α-hetero) is 1. The smallest absolute Gasteiger partial charge is 0.274 e. The van der Waals surface area contributed by atoms with Gasteiger partial charge in [0, 0.05) is 24.5 Å². The number of thiophene rings is 1. The molecule has 7 nitrogen and oxygen atoms in total. The molecule has 3 rings (SSSR count). The molecule has 26 heavy (non-hydrogen) atoms. The number of nitrogens with one attached hydrogen (secondary N) is 2. The molecule has 1 aromatic carbocycles. The average Bonchev–Trinajstić information content (AvgIpc) is 3.23. The Morgan fingerprint density at radius 1 is 1.08 bits per heavy atom. The minimum Gasteiger partial charge on any atom is -0.322 e. The average molecular weight is 368 g/mol. The highest BCUT2D eigenvalue weighted by Crippen LogP contribution is 2.25. The van der Waals surface area contributed by atoms with E-state index in [2.05, 4.69) is 15.7 Å². The van der Waals surface area contributed by atoms with Gasteiger partial charge in [-0.2, -0.15) is 5.10 Å². The standard InChI is InChI=1S/C18H16N4O3S/c1-11(23)12-4-3-5-13(10-12)20-16(24)14-7-9-26-18(14)21-17(25)15-6-8-19-22(15)2/h3-10H,1-2H3,(H,20,24)(H,21,25). The van der Waals surface area contributed by atoms with E-state index in [9.17, 15) is 14.4 Å².